The van der Waals surface area contributed by atoms with Crippen molar-refractivity contribution in [3.05, 3.63) is 47.5 Å². The maximum atomic E-state index is 10.4. The lowest BCUT2D eigenvalue weighted by Crippen LogP contribution is -2.25. The second kappa shape index (κ2) is 5.11. The van der Waals surface area contributed by atoms with Gasteiger partial charge < -0.3 is 14.8 Å². The first-order chi connectivity index (χ1) is 9.29. The van der Waals surface area contributed by atoms with Crippen LogP contribution in [0.2, 0.25) is 0 Å². The summed E-state index contributed by atoms with van der Waals surface area (Å²) < 4.78 is 1.95. The molecule has 0 amide bonds. The Balaban J connectivity index is 1.92. The molecule has 1 aliphatic rings. The lowest BCUT2D eigenvalue weighted by Gasteiger charge is -2.23. The van der Waals surface area contributed by atoms with Crippen molar-refractivity contribution in [1.82, 2.24) is 14.8 Å². The molecule has 0 aliphatic carbocycles. The minimum atomic E-state index is -0.764. The summed E-state index contributed by atoms with van der Waals surface area (Å²) in [6.45, 7) is 0.844. The highest BCUT2D eigenvalue weighted by Crippen LogP contribution is 2.25. The maximum Gasteiger partial charge on any atom is 0.166 e. The standard InChI is InChI=1S/C14H17N3O2/c18-9-10-6-7-12-15-16-14(17(12)8-10)13(19)11-4-2-1-3-5-11/h1-5,10,13,18-19H,6-9H2. The molecule has 0 saturated carbocycles. The van der Waals surface area contributed by atoms with E-state index in [9.17, 15) is 10.2 Å². The number of rotatable bonds is 3. The van der Waals surface area contributed by atoms with Crippen LogP contribution in [0.25, 0.3) is 0 Å². The summed E-state index contributed by atoms with van der Waals surface area (Å²) in [6, 6.07) is 9.44. The molecule has 0 radical (unpaired) electrons. The summed E-state index contributed by atoms with van der Waals surface area (Å²) >= 11 is 0. The Morgan fingerprint density at radius 3 is 2.79 bits per heavy atom. The molecule has 2 heterocycles. The van der Waals surface area contributed by atoms with Crippen molar-refractivity contribution in [2.45, 2.75) is 25.5 Å². The SMILES string of the molecule is OCC1CCc2nnc(C(O)c3ccccc3)n2C1. The van der Waals surface area contributed by atoms with E-state index in [2.05, 4.69) is 10.2 Å². The molecule has 2 aromatic rings. The van der Waals surface area contributed by atoms with Gasteiger partial charge in [0.15, 0.2) is 5.82 Å². The predicted octanol–water partition coefficient (Wildman–Crippen LogP) is 0.914. The van der Waals surface area contributed by atoms with Gasteiger partial charge in [0.05, 0.1) is 0 Å². The van der Waals surface area contributed by atoms with Crippen molar-refractivity contribution in [3.8, 4) is 0 Å². The zero-order chi connectivity index (χ0) is 13.2. The van der Waals surface area contributed by atoms with Crippen LogP contribution in [0, 0.1) is 5.92 Å². The first-order valence-electron chi connectivity index (χ1n) is 6.55. The van der Waals surface area contributed by atoms with Crippen molar-refractivity contribution in [2.75, 3.05) is 6.61 Å². The first kappa shape index (κ1) is 12.3. The Morgan fingerprint density at radius 1 is 1.26 bits per heavy atom. The van der Waals surface area contributed by atoms with E-state index in [1.54, 1.807) is 0 Å². The Morgan fingerprint density at radius 2 is 2.05 bits per heavy atom. The van der Waals surface area contributed by atoms with Crippen molar-refractivity contribution >= 4 is 0 Å². The largest absolute Gasteiger partial charge is 0.396 e. The summed E-state index contributed by atoms with van der Waals surface area (Å²) in [6.07, 6.45) is 0.968. The molecule has 100 valence electrons. The number of aryl methyl sites for hydroxylation is 1. The van der Waals surface area contributed by atoms with Crippen LogP contribution in [0.3, 0.4) is 0 Å². The zero-order valence-corrected chi connectivity index (χ0v) is 10.6. The van der Waals surface area contributed by atoms with Crippen LogP contribution in [0.5, 0.6) is 0 Å². The van der Waals surface area contributed by atoms with E-state index in [0.717, 1.165) is 24.2 Å². The number of aliphatic hydroxyl groups excluding tert-OH is 2. The minimum absolute atomic E-state index is 0.165. The molecular weight excluding hydrogens is 242 g/mol. The highest BCUT2D eigenvalue weighted by molar-refractivity contribution is 5.23. The third-order valence-electron chi connectivity index (χ3n) is 3.69. The number of fused-ring (bicyclic) bond motifs is 1. The van der Waals surface area contributed by atoms with E-state index in [-0.39, 0.29) is 12.5 Å². The van der Waals surface area contributed by atoms with E-state index in [1.807, 2.05) is 34.9 Å². The van der Waals surface area contributed by atoms with Crippen LogP contribution in [0.4, 0.5) is 0 Å². The highest BCUT2D eigenvalue weighted by Gasteiger charge is 2.26. The van der Waals surface area contributed by atoms with E-state index < -0.39 is 6.10 Å². The summed E-state index contributed by atoms with van der Waals surface area (Å²) in [7, 11) is 0. The van der Waals surface area contributed by atoms with Crippen LogP contribution in [-0.2, 0) is 13.0 Å². The molecule has 0 bridgehead atoms. The van der Waals surface area contributed by atoms with Gasteiger partial charge in [-0.2, -0.15) is 0 Å². The molecule has 1 aromatic heterocycles. The molecule has 1 aliphatic heterocycles. The predicted molar refractivity (Wildman–Crippen MR) is 69.4 cm³/mol. The highest BCUT2D eigenvalue weighted by atomic mass is 16.3. The van der Waals surface area contributed by atoms with Gasteiger partial charge in [-0.05, 0) is 12.0 Å². The molecule has 3 rings (SSSR count). The fourth-order valence-corrected chi connectivity index (χ4v) is 2.55. The second-order valence-corrected chi connectivity index (χ2v) is 4.99. The number of aliphatic hydroxyl groups is 2. The number of hydrogen-bond donors (Lipinski definition) is 2. The van der Waals surface area contributed by atoms with Crippen LogP contribution in [0.15, 0.2) is 30.3 Å². The van der Waals surface area contributed by atoms with Crippen LogP contribution in [0.1, 0.15) is 29.7 Å². The van der Waals surface area contributed by atoms with E-state index >= 15 is 0 Å². The molecule has 5 nitrogen and oxygen atoms in total. The Kier molecular flexibility index (Phi) is 3.31. The number of nitrogens with zero attached hydrogens (tertiary/aromatic N) is 3. The van der Waals surface area contributed by atoms with Gasteiger partial charge in [-0.25, -0.2) is 0 Å². The summed E-state index contributed by atoms with van der Waals surface area (Å²) in [5, 5.41) is 28.0. The fourth-order valence-electron chi connectivity index (χ4n) is 2.55. The van der Waals surface area contributed by atoms with Crippen molar-refractivity contribution in [2.24, 2.45) is 5.92 Å². The lowest BCUT2D eigenvalue weighted by molar-refractivity contribution is 0.173. The molecule has 2 unspecified atom stereocenters. The fraction of sp³-hybridized carbons (Fsp3) is 0.429. The molecule has 0 spiro atoms. The Bertz CT molecular complexity index is 553. The van der Waals surface area contributed by atoms with E-state index in [1.165, 1.54) is 0 Å². The molecule has 2 atom stereocenters. The van der Waals surface area contributed by atoms with Gasteiger partial charge in [0.25, 0.3) is 0 Å². The number of hydrogen-bond acceptors (Lipinski definition) is 4. The van der Waals surface area contributed by atoms with Gasteiger partial charge in [0.2, 0.25) is 0 Å². The van der Waals surface area contributed by atoms with Crippen LogP contribution < -0.4 is 0 Å². The maximum absolute atomic E-state index is 10.4. The summed E-state index contributed by atoms with van der Waals surface area (Å²) in [4.78, 5) is 0. The normalized spacial score (nSPS) is 20.0. The zero-order valence-electron chi connectivity index (χ0n) is 10.6. The van der Waals surface area contributed by atoms with Gasteiger partial charge in [0, 0.05) is 25.5 Å². The molecule has 5 heteroatoms. The molecular formula is C14H17N3O2. The smallest absolute Gasteiger partial charge is 0.166 e. The van der Waals surface area contributed by atoms with Gasteiger partial charge in [-0.15, -0.1) is 10.2 Å². The topological polar surface area (TPSA) is 71.2 Å². The quantitative estimate of drug-likeness (QED) is 0.859. The Labute approximate surface area is 111 Å². The van der Waals surface area contributed by atoms with Gasteiger partial charge in [-0.3, -0.25) is 0 Å². The van der Waals surface area contributed by atoms with Gasteiger partial charge in [-0.1, -0.05) is 30.3 Å². The summed E-state index contributed by atoms with van der Waals surface area (Å²) in [5.41, 5.74) is 0.809. The van der Waals surface area contributed by atoms with E-state index in [4.69, 9.17) is 0 Å². The van der Waals surface area contributed by atoms with Crippen LogP contribution in [-0.4, -0.2) is 31.6 Å². The molecule has 0 saturated heterocycles. The number of aromatic nitrogens is 3. The minimum Gasteiger partial charge on any atom is -0.396 e. The molecule has 19 heavy (non-hydrogen) atoms. The first-order valence-corrected chi connectivity index (χ1v) is 6.55. The third kappa shape index (κ3) is 2.27. The Hall–Kier alpha value is -1.72. The van der Waals surface area contributed by atoms with Crippen molar-refractivity contribution < 1.29 is 10.2 Å². The van der Waals surface area contributed by atoms with Crippen molar-refractivity contribution in [1.29, 1.82) is 0 Å². The summed E-state index contributed by atoms with van der Waals surface area (Å²) in [5.74, 6) is 1.69. The average Bonchev–Trinajstić information content (AvgIpc) is 2.90. The van der Waals surface area contributed by atoms with Gasteiger partial charge >= 0.3 is 0 Å². The van der Waals surface area contributed by atoms with E-state index in [0.29, 0.717) is 12.4 Å². The monoisotopic (exact) mass is 259 g/mol. The van der Waals surface area contributed by atoms with Crippen molar-refractivity contribution in [3.63, 3.8) is 0 Å². The molecule has 0 fully saturated rings. The second-order valence-electron chi connectivity index (χ2n) is 4.99. The average molecular weight is 259 g/mol. The third-order valence-corrected chi connectivity index (χ3v) is 3.69. The van der Waals surface area contributed by atoms with Gasteiger partial charge in [0.1, 0.15) is 11.9 Å². The van der Waals surface area contributed by atoms with Crippen LogP contribution >= 0.6 is 0 Å². The number of benzene rings is 1. The lowest BCUT2D eigenvalue weighted by atomic mass is 10.00. The molecule has 1 aromatic carbocycles. The molecule has 2 N–H and O–H groups in total.